The lowest BCUT2D eigenvalue weighted by Crippen LogP contribution is -2.38. The predicted molar refractivity (Wildman–Crippen MR) is 86.2 cm³/mol. The standard InChI is InChI=1S/C17H18N2O4/c1-12-8-9-13(10-15(12)19(22)23)16(20)18-11-17(2,21)14-6-4-3-5-7-14/h3-10,21H,11H2,1-2H3,(H,18,20). The van der Waals surface area contributed by atoms with Gasteiger partial charge in [-0.15, -0.1) is 0 Å². The summed E-state index contributed by atoms with van der Waals surface area (Å²) >= 11 is 0. The summed E-state index contributed by atoms with van der Waals surface area (Å²) in [5.41, 5.74) is 0.0183. The molecule has 6 nitrogen and oxygen atoms in total. The van der Waals surface area contributed by atoms with Crippen molar-refractivity contribution in [3.05, 3.63) is 75.3 Å². The zero-order valence-corrected chi connectivity index (χ0v) is 12.9. The normalized spacial score (nSPS) is 13.2. The third kappa shape index (κ3) is 3.92. The average Bonchev–Trinajstić information content (AvgIpc) is 2.53. The van der Waals surface area contributed by atoms with Crippen LogP contribution in [0.4, 0.5) is 5.69 Å². The molecule has 2 N–H and O–H groups in total. The van der Waals surface area contributed by atoms with Crippen molar-refractivity contribution in [2.24, 2.45) is 0 Å². The van der Waals surface area contributed by atoms with Gasteiger partial charge in [0.15, 0.2) is 0 Å². The van der Waals surface area contributed by atoms with E-state index in [0.717, 1.165) is 0 Å². The van der Waals surface area contributed by atoms with E-state index in [1.54, 1.807) is 38.1 Å². The van der Waals surface area contributed by atoms with E-state index in [1.165, 1.54) is 18.2 Å². The Morgan fingerprint density at radius 3 is 2.52 bits per heavy atom. The molecular formula is C17H18N2O4. The van der Waals surface area contributed by atoms with Crippen LogP contribution in [0.3, 0.4) is 0 Å². The molecule has 0 saturated carbocycles. The van der Waals surface area contributed by atoms with Gasteiger partial charge in [-0.05, 0) is 25.5 Å². The minimum Gasteiger partial charge on any atom is -0.384 e. The molecule has 0 aromatic heterocycles. The van der Waals surface area contributed by atoms with Crippen LogP contribution < -0.4 is 5.32 Å². The number of rotatable bonds is 5. The minimum absolute atomic E-state index is 0.00246. The van der Waals surface area contributed by atoms with Crippen molar-refractivity contribution in [1.29, 1.82) is 0 Å². The van der Waals surface area contributed by atoms with Gasteiger partial charge in [-0.2, -0.15) is 0 Å². The molecule has 0 aliphatic heterocycles. The maximum absolute atomic E-state index is 12.2. The Balaban J connectivity index is 2.11. The van der Waals surface area contributed by atoms with E-state index in [2.05, 4.69) is 5.32 Å². The Kier molecular flexibility index (Phi) is 4.76. The Morgan fingerprint density at radius 1 is 1.26 bits per heavy atom. The van der Waals surface area contributed by atoms with Crippen molar-refractivity contribution in [3.8, 4) is 0 Å². The van der Waals surface area contributed by atoms with Crippen LogP contribution in [0.1, 0.15) is 28.4 Å². The second-order valence-corrected chi connectivity index (χ2v) is 5.58. The van der Waals surface area contributed by atoms with E-state index in [4.69, 9.17) is 0 Å². The zero-order valence-electron chi connectivity index (χ0n) is 12.9. The van der Waals surface area contributed by atoms with Gasteiger partial charge in [0.25, 0.3) is 11.6 Å². The van der Waals surface area contributed by atoms with E-state index in [9.17, 15) is 20.0 Å². The number of aliphatic hydroxyl groups is 1. The van der Waals surface area contributed by atoms with Crippen LogP contribution >= 0.6 is 0 Å². The highest BCUT2D eigenvalue weighted by atomic mass is 16.6. The van der Waals surface area contributed by atoms with Crippen LogP contribution in [-0.2, 0) is 5.60 Å². The van der Waals surface area contributed by atoms with E-state index in [1.807, 2.05) is 6.07 Å². The van der Waals surface area contributed by atoms with Crippen LogP contribution in [0.15, 0.2) is 48.5 Å². The highest BCUT2D eigenvalue weighted by Gasteiger charge is 2.24. The number of nitro benzene ring substituents is 1. The maximum atomic E-state index is 12.2. The molecule has 0 heterocycles. The van der Waals surface area contributed by atoms with Crippen LogP contribution in [0, 0.1) is 17.0 Å². The van der Waals surface area contributed by atoms with Gasteiger partial charge in [-0.1, -0.05) is 36.4 Å². The van der Waals surface area contributed by atoms with Crippen molar-refractivity contribution >= 4 is 11.6 Å². The first-order valence-corrected chi connectivity index (χ1v) is 7.12. The molecule has 0 fully saturated rings. The van der Waals surface area contributed by atoms with Crippen molar-refractivity contribution in [2.45, 2.75) is 19.4 Å². The zero-order chi connectivity index (χ0) is 17.0. The fourth-order valence-corrected chi connectivity index (χ4v) is 2.20. The van der Waals surface area contributed by atoms with E-state index >= 15 is 0 Å². The highest BCUT2D eigenvalue weighted by molar-refractivity contribution is 5.95. The number of amides is 1. The lowest BCUT2D eigenvalue weighted by atomic mass is 9.96. The van der Waals surface area contributed by atoms with Crippen molar-refractivity contribution in [2.75, 3.05) is 6.54 Å². The predicted octanol–water partition coefficient (Wildman–Crippen LogP) is 2.54. The summed E-state index contributed by atoms with van der Waals surface area (Å²) in [6.07, 6.45) is 0. The van der Waals surface area contributed by atoms with Gasteiger partial charge in [0, 0.05) is 17.2 Å². The minimum atomic E-state index is -1.23. The summed E-state index contributed by atoms with van der Waals surface area (Å²) in [6.45, 7) is 3.21. The van der Waals surface area contributed by atoms with Crippen molar-refractivity contribution in [3.63, 3.8) is 0 Å². The molecule has 0 saturated heterocycles. The van der Waals surface area contributed by atoms with Crippen LogP contribution in [-0.4, -0.2) is 22.5 Å². The fraction of sp³-hybridized carbons (Fsp3) is 0.235. The number of nitro groups is 1. The van der Waals surface area contributed by atoms with Crippen LogP contribution in [0.5, 0.6) is 0 Å². The Hall–Kier alpha value is -2.73. The summed E-state index contributed by atoms with van der Waals surface area (Å²) in [5, 5.41) is 24.0. The second kappa shape index (κ2) is 6.58. The average molecular weight is 314 g/mol. The first-order valence-electron chi connectivity index (χ1n) is 7.12. The van der Waals surface area contributed by atoms with Gasteiger partial charge in [0.1, 0.15) is 5.60 Å². The van der Waals surface area contributed by atoms with Gasteiger partial charge in [-0.25, -0.2) is 0 Å². The summed E-state index contributed by atoms with van der Waals surface area (Å²) in [4.78, 5) is 22.6. The molecule has 0 radical (unpaired) electrons. The molecule has 0 spiro atoms. The monoisotopic (exact) mass is 314 g/mol. The van der Waals surface area contributed by atoms with Crippen LogP contribution in [0.2, 0.25) is 0 Å². The number of nitrogens with one attached hydrogen (secondary N) is 1. The lowest BCUT2D eigenvalue weighted by Gasteiger charge is -2.24. The first kappa shape index (κ1) is 16.6. The molecule has 1 unspecified atom stereocenters. The summed E-state index contributed by atoms with van der Waals surface area (Å²) < 4.78 is 0. The molecule has 1 amide bonds. The van der Waals surface area contributed by atoms with Crippen molar-refractivity contribution in [1.82, 2.24) is 5.32 Å². The summed E-state index contributed by atoms with van der Waals surface area (Å²) in [5.74, 6) is -0.468. The molecule has 2 aromatic rings. The molecule has 23 heavy (non-hydrogen) atoms. The first-order chi connectivity index (χ1) is 10.8. The molecule has 0 bridgehead atoms. The van der Waals surface area contributed by atoms with Gasteiger partial charge < -0.3 is 10.4 Å². The molecule has 0 aliphatic carbocycles. The van der Waals surface area contributed by atoms with E-state index < -0.39 is 16.4 Å². The Bertz CT molecular complexity index is 727. The van der Waals surface area contributed by atoms with Crippen LogP contribution in [0.25, 0.3) is 0 Å². The topological polar surface area (TPSA) is 92.5 Å². The molecular weight excluding hydrogens is 296 g/mol. The van der Waals surface area contributed by atoms with Gasteiger partial charge in [0.2, 0.25) is 0 Å². The van der Waals surface area contributed by atoms with Gasteiger partial charge >= 0.3 is 0 Å². The lowest BCUT2D eigenvalue weighted by molar-refractivity contribution is -0.385. The third-order valence-electron chi connectivity index (χ3n) is 3.66. The Labute approximate surface area is 133 Å². The molecule has 2 aromatic carbocycles. The molecule has 6 heteroatoms. The number of hydrogen-bond acceptors (Lipinski definition) is 4. The number of benzene rings is 2. The van der Waals surface area contributed by atoms with Gasteiger partial charge in [0.05, 0.1) is 11.5 Å². The van der Waals surface area contributed by atoms with Crippen molar-refractivity contribution < 1.29 is 14.8 Å². The number of aryl methyl sites for hydroxylation is 1. The summed E-state index contributed by atoms with van der Waals surface area (Å²) in [7, 11) is 0. The maximum Gasteiger partial charge on any atom is 0.273 e. The number of carbonyl (C=O) groups excluding carboxylic acids is 1. The molecule has 120 valence electrons. The van der Waals surface area contributed by atoms with E-state index in [0.29, 0.717) is 11.1 Å². The smallest absolute Gasteiger partial charge is 0.273 e. The molecule has 0 aliphatic rings. The third-order valence-corrected chi connectivity index (χ3v) is 3.66. The summed E-state index contributed by atoms with van der Waals surface area (Å²) in [6, 6.07) is 13.3. The number of carbonyl (C=O) groups is 1. The second-order valence-electron chi connectivity index (χ2n) is 5.58. The number of hydrogen-bond donors (Lipinski definition) is 2. The Morgan fingerprint density at radius 2 is 1.91 bits per heavy atom. The molecule has 1 atom stereocenters. The van der Waals surface area contributed by atoms with E-state index in [-0.39, 0.29) is 17.8 Å². The fourth-order valence-electron chi connectivity index (χ4n) is 2.20. The SMILES string of the molecule is Cc1ccc(C(=O)NCC(C)(O)c2ccccc2)cc1[N+](=O)[O-]. The quantitative estimate of drug-likeness (QED) is 0.655. The largest absolute Gasteiger partial charge is 0.384 e. The molecule has 2 rings (SSSR count). The number of nitrogens with zero attached hydrogens (tertiary/aromatic N) is 1. The highest BCUT2D eigenvalue weighted by Crippen LogP contribution is 2.21. The van der Waals surface area contributed by atoms with Gasteiger partial charge in [-0.3, -0.25) is 14.9 Å².